The number of ether oxygens (including phenoxy) is 1. The van der Waals surface area contributed by atoms with E-state index in [1.807, 2.05) is 0 Å². The number of furan rings is 1. The van der Waals surface area contributed by atoms with E-state index in [2.05, 4.69) is 0 Å². The van der Waals surface area contributed by atoms with E-state index in [1.165, 1.54) is 36.5 Å². The summed E-state index contributed by atoms with van der Waals surface area (Å²) in [6.45, 7) is 0. The molecule has 1 aliphatic heterocycles. The van der Waals surface area contributed by atoms with Crippen LogP contribution in [0.1, 0.15) is 27.7 Å². The minimum absolute atomic E-state index is 0.148. The lowest BCUT2D eigenvalue weighted by atomic mass is 9.99. The van der Waals surface area contributed by atoms with E-state index in [1.54, 1.807) is 42.5 Å². The van der Waals surface area contributed by atoms with Gasteiger partial charge in [0.25, 0.3) is 11.7 Å². The van der Waals surface area contributed by atoms with E-state index in [0.29, 0.717) is 5.02 Å². The molecule has 1 unspecified atom stereocenters. The van der Waals surface area contributed by atoms with Gasteiger partial charge in [-0.3, -0.25) is 14.5 Å². The third-order valence-electron chi connectivity index (χ3n) is 4.90. The second kappa shape index (κ2) is 8.12. The van der Waals surface area contributed by atoms with Crippen LogP contribution < -0.4 is 4.90 Å². The Hall–Kier alpha value is -3.84. The molecular formula is C23H16ClNO6. The van der Waals surface area contributed by atoms with Crippen LogP contribution in [0.4, 0.5) is 5.69 Å². The molecule has 1 saturated heterocycles. The van der Waals surface area contributed by atoms with Gasteiger partial charge in [0.2, 0.25) is 0 Å². The molecular weight excluding hydrogens is 422 g/mol. The van der Waals surface area contributed by atoms with Crippen molar-refractivity contribution < 1.29 is 28.6 Å². The highest BCUT2D eigenvalue weighted by molar-refractivity contribution is 6.51. The Morgan fingerprint density at radius 2 is 1.81 bits per heavy atom. The number of carbonyl (C=O) groups is 3. The predicted octanol–water partition coefficient (Wildman–Crippen LogP) is 4.35. The van der Waals surface area contributed by atoms with Crippen LogP contribution in [0.3, 0.4) is 0 Å². The zero-order valence-electron chi connectivity index (χ0n) is 16.2. The number of nitrogens with zero attached hydrogens (tertiary/aromatic N) is 1. The maximum absolute atomic E-state index is 13.0. The number of esters is 1. The Kier molecular flexibility index (Phi) is 5.35. The number of halogens is 1. The molecule has 3 aromatic rings. The Labute approximate surface area is 182 Å². The van der Waals surface area contributed by atoms with E-state index in [-0.39, 0.29) is 33.9 Å². The van der Waals surface area contributed by atoms with Crippen molar-refractivity contribution in [2.45, 2.75) is 6.04 Å². The summed E-state index contributed by atoms with van der Waals surface area (Å²) in [7, 11) is 1.25. The fourth-order valence-corrected chi connectivity index (χ4v) is 3.70. The summed E-state index contributed by atoms with van der Waals surface area (Å²) in [5, 5.41) is 11.3. The molecule has 0 saturated carbocycles. The van der Waals surface area contributed by atoms with Gasteiger partial charge in [0, 0.05) is 16.3 Å². The zero-order chi connectivity index (χ0) is 22.1. The van der Waals surface area contributed by atoms with Gasteiger partial charge < -0.3 is 14.3 Å². The van der Waals surface area contributed by atoms with E-state index in [9.17, 15) is 19.5 Å². The summed E-state index contributed by atoms with van der Waals surface area (Å²) in [6.07, 6.45) is 1.40. The minimum atomic E-state index is -1.04. The van der Waals surface area contributed by atoms with Gasteiger partial charge >= 0.3 is 5.97 Å². The van der Waals surface area contributed by atoms with Gasteiger partial charge in [-0.05, 0) is 42.5 Å². The molecule has 0 radical (unpaired) electrons. The van der Waals surface area contributed by atoms with Gasteiger partial charge in [-0.25, -0.2) is 4.79 Å². The monoisotopic (exact) mass is 437 g/mol. The molecule has 2 aromatic carbocycles. The number of aliphatic hydroxyl groups is 1. The number of benzene rings is 2. The van der Waals surface area contributed by atoms with Gasteiger partial charge in [0.15, 0.2) is 0 Å². The van der Waals surface area contributed by atoms with Crippen LogP contribution in [-0.2, 0) is 14.3 Å². The molecule has 8 heteroatoms. The number of hydrogen-bond donors (Lipinski definition) is 1. The normalized spacial score (nSPS) is 17.7. The van der Waals surface area contributed by atoms with Gasteiger partial charge in [-0.15, -0.1) is 0 Å². The standard InChI is InChI=1S/C23H16ClNO6/c1-30-23(29)14-6-3-8-16(12-14)25-19(17-9-4-10-31-17)18(21(27)22(25)28)20(26)13-5-2-7-15(24)11-13/h2-12,19,26H,1H3/b20-18-. The van der Waals surface area contributed by atoms with E-state index in [4.69, 9.17) is 20.8 Å². The Morgan fingerprint density at radius 1 is 1.06 bits per heavy atom. The summed E-state index contributed by atoms with van der Waals surface area (Å²) >= 11 is 6.02. The van der Waals surface area contributed by atoms with Crippen molar-refractivity contribution in [3.8, 4) is 0 Å². The van der Waals surface area contributed by atoms with Crippen molar-refractivity contribution in [1.29, 1.82) is 0 Å². The van der Waals surface area contributed by atoms with Crippen LogP contribution in [0.15, 0.2) is 76.9 Å². The SMILES string of the molecule is COC(=O)c1cccc(N2C(=O)C(=O)/C(=C(\O)c3cccc(Cl)c3)C2c2ccco2)c1. The van der Waals surface area contributed by atoms with Crippen LogP contribution in [0.25, 0.3) is 5.76 Å². The number of ketones is 1. The highest BCUT2D eigenvalue weighted by atomic mass is 35.5. The highest BCUT2D eigenvalue weighted by Crippen LogP contribution is 2.42. The molecule has 0 bridgehead atoms. The van der Waals surface area contributed by atoms with Gasteiger partial charge in [0.05, 0.1) is 24.5 Å². The van der Waals surface area contributed by atoms with Crippen molar-refractivity contribution in [3.05, 3.63) is 94.4 Å². The molecule has 1 fully saturated rings. The predicted molar refractivity (Wildman–Crippen MR) is 113 cm³/mol. The second-order valence-corrected chi connectivity index (χ2v) is 7.17. The Bertz CT molecular complexity index is 1210. The number of hydrogen-bond acceptors (Lipinski definition) is 6. The van der Waals surface area contributed by atoms with Crippen molar-refractivity contribution in [2.24, 2.45) is 0 Å². The number of aliphatic hydroxyl groups excluding tert-OH is 1. The molecule has 1 aliphatic rings. The average Bonchev–Trinajstić information content (AvgIpc) is 3.40. The minimum Gasteiger partial charge on any atom is -0.507 e. The fraction of sp³-hybridized carbons (Fsp3) is 0.0870. The number of Topliss-reactive ketones (excluding diaryl/α,β-unsaturated/α-hetero) is 1. The molecule has 1 aromatic heterocycles. The number of carbonyl (C=O) groups excluding carboxylic acids is 3. The van der Waals surface area contributed by atoms with Crippen LogP contribution in [0.5, 0.6) is 0 Å². The molecule has 1 N–H and O–H groups in total. The molecule has 31 heavy (non-hydrogen) atoms. The van der Waals surface area contributed by atoms with Gasteiger partial charge in [-0.2, -0.15) is 0 Å². The molecule has 0 aliphatic carbocycles. The molecule has 1 amide bonds. The molecule has 4 rings (SSSR count). The maximum Gasteiger partial charge on any atom is 0.337 e. The zero-order valence-corrected chi connectivity index (χ0v) is 17.0. The van der Waals surface area contributed by atoms with Crippen LogP contribution in [0, 0.1) is 0 Å². The summed E-state index contributed by atoms with van der Waals surface area (Å²) in [5.74, 6) is -2.46. The van der Waals surface area contributed by atoms with Crippen molar-refractivity contribution in [2.75, 3.05) is 12.0 Å². The topological polar surface area (TPSA) is 97.0 Å². The largest absolute Gasteiger partial charge is 0.507 e. The van der Waals surface area contributed by atoms with Gasteiger partial charge in [-0.1, -0.05) is 29.8 Å². The lowest BCUT2D eigenvalue weighted by molar-refractivity contribution is -0.132. The summed E-state index contributed by atoms with van der Waals surface area (Å²) in [5.41, 5.74) is 0.613. The van der Waals surface area contributed by atoms with Crippen LogP contribution >= 0.6 is 11.6 Å². The molecule has 7 nitrogen and oxygen atoms in total. The molecule has 0 spiro atoms. The average molecular weight is 438 g/mol. The summed E-state index contributed by atoms with van der Waals surface area (Å²) in [6, 6.07) is 14.6. The summed E-state index contributed by atoms with van der Waals surface area (Å²) < 4.78 is 10.2. The highest BCUT2D eigenvalue weighted by Gasteiger charge is 2.48. The quantitative estimate of drug-likeness (QED) is 0.282. The van der Waals surface area contributed by atoms with E-state index >= 15 is 0 Å². The first-order valence-electron chi connectivity index (χ1n) is 9.21. The van der Waals surface area contributed by atoms with Crippen molar-refractivity contribution in [1.82, 2.24) is 0 Å². The van der Waals surface area contributed by atoms with Crippen LogP contribution in [0.2, 0.25) is 5.02 Å². The number of amides is 1. The lowest BCUT2D eigenvalue weighted by Gasteiger charge is -2.23. The van der Waals surface area contributed by atoms with Gasteiger partial charge in [0.1, 0.15) is 17.6 Å². The fourth-order valence-electron chi connectivity index (χ4n) is 3.51. The van der Waals surface area contributed by atoms with E-state index in [0.717, 1.165) is 0 Å². The third-order valence-corrected chi connectivity index (χ3v) is 5.14. The van der Waals surface area contributed by atoms with Crippen LogP contribution in [-0.4, -0.2) is 29.9 Å². The smallest absolute Gasteiger partial charge is 0.337 e. The number of anilines is 1. The van der Waals surface area contributed by atoms with E-state index < -0.39 is 23.7 Å². The summed E-state index contributed by atoms with van der Waals surface area (Å²) in [4.78, 5) is 39.2. The lowest BCUT2D eigenvalue weighted by Crippen LogP contribution is -2.29. The maximum atomic E-state index is 13.0. The third kappa shape index (κ3) is 3.60. The number of rotatable bonds is 4. The first kappa shape index (κ1) is 20.4. The second-order valence-electron chi connectivity index (χ2n) is 6.74. The Morgan fingerprint density at radius 3 is 2.48 bits per heavy atom. The molecule has 1 atom stereocenters. The van der Waals surface area contributed by atoms with Crippen molar-refractivity contribution >= 4 is 40.7 Å². The molecule has 2 heterocycles. The first-order chi connectivity index (χ1) is 14.9. The van der Waals surface area contributed by atoms with Crippen molar-refractivity contribution in [3.63, 3.8) is 0 Å². The first-order valence-corrected chi connectivity index (χ1v) is 9.59. The molecule has 156 valence electrons. The Balaban J connectivity index is 1.91. The number of methoxy groups -OCH3 is 1.